The average Bonchev–Trinajstić information content (AvgIpc) is 3.38. The topological polar surface area (TPSA) is 62.3 Å². The number of nitrogens with one attached hydrogen (secondary N) is 1. The monoisotopic (exact) mass is 451 g/mol. The number of nitrogens with zero attached hydrogens (tertiary/aromatic N) is 2. The van der Waals surface area contributed by atoms with Crippen LogP contribution in [-0.4, -0.2) is 40.8 Å². The third-order valence-electron chi connectivity index (χ3n) is 5.84. The Kier molecular flexibility index (Phi) is 6.88. The highest BCUT2D eigenvalue weighted by atomic mass is 35.5. The molecule has 0 atom stereocenters. The SMILES string of the molecule is O=C(NC1CCN(C(=O)Cc2csc(-c3ccc(Cl)s3)n2)CC1)C1CCCCC1. The van der Waals surface area contributed by atoms with E-state index in [2.05, 4.69) is 10.3 Å². The number of hydrogen-bond acceptors (Lipinski definition) is 5. The number of amides is 2. The van der Waals surface area contributed by atoms with Gasteiger partial charge in [-0.2, -0.15) is 0 Å². The van der Waals surface area contributed by atoms with Crippen molar-refractivity contribution in [1.29, 1.82) is 0 Å². The smallest absolute Gasteiger partial charge is 0.228 e. The number of halogens is 1. The van der Waals surface area contributed by atoms with Gasteiger partial charge in [-0.25, -0.2) is 4.98 Å². The maximum atomic E-state index is 12.7. The Morgan fingerprint density at radius 2 is 1.90 bits per heavy atom. The predicted molar refractivity (Wildman–Crippen MR) is 118 cm³/mol. The van der Waals surface area contributed by atoms with E-state index in [1.165, 1.54) is 30.6 Å². The molecule has 2 amide bonds. The summed E-state index contributed by atoms with van der Waals surface area (Å²) in [4.78, 5) is 32.7. The van der Waals surface area contributed by atoms with Crippen molar-refractivity contribution in [3.8, 4) is 9.88 Å². The van der Waals surface area contributed by atoms with Gasteiger partial charge >= 0.3 is 0 Å². The first kappa shape index (κ1) is 20.8. The van der Waals surface area contributed by atoms with Crippen LogP contribution in [0.1, 0.15) is 50.6 Å². The molecular formula is C21H26ClN3O2S2. The highest BCUT2D eigenvalue weighted by molar-refractivity contribution is 7.23. The molecule has 2 aromatic heterocycles. The van der Waals surface area contributed by atoms with Gasteiger partial charge in [-0.05, 0) is 37.8 Å². The number of carbonyl (C=O) groups excluding carboxylic acids is 2. The van der Waals surface area contributed by atoms with Crippen molar-refractivity contribution in [2.75, 3.05) is 13.1 Å². The van der Waals surface area contributed by atoms with Gasteiger partial charge in [0.25, 0.3) is 0 Å². The van der Waals surface area contributed by atoms with E-state index in [9.17, 15) is 9.59 Å². The van der Waals surface area contributed by atoms with Crippen LogP contribution in [0.2, 0.25) is 4.34 Å². The summed E-state index contributed by atoms with van der Waals surface area (Å²) in [6, 6.07) is 4.03. The second-order valence-corrected chi connectivity index (χ2v) is 10.5. The minimum Gasteiger partial charge on any atom is -0.353 e. The number of hydrogen-bond donors (Lipinski definition) is 1. The van der Waals surface area contributed by atoms with Crippen molar-refractivity contribution in [2.45, 2.75) is 57.4 Å². The van der Waals surface area contributed by atoms with E-state index in [4.69, 9.17) is 11.6 Å². The summed E-state index contributed by atoms with van der Waals surface area (Å²) in [5.41, 5.74) is 0.812. The number of carbonyl (C=O) groups is 2. The molecule has 3 heterocycles. The molecule has 2 fully saturated rings. The maximum absolute atomic E-state index is 12.7. The molecule has 2 aromatic rings. The highest BCUT2D eigenvalue weighted by Gasteiger charge is 2.27. The third-order valence-corrected chi connectivity index (χ3v) is 8.13. The highest BCUT2D eigenvalue weighted by Crippen LogP contribution is 2.33. The number of likely N-dealkylation sites (tertiary alicyclic amines) is 1. The van der Waals surface area contributed by atoms with E-state index in [0.717, 1.165) is 45.6 Å². The van der Waals surface area contributed by atoms with Gasteiger partial charge < -0.3 is 10.2 Å². The molecule has 156 valence electrons. The largest absolute Gasteiger partial charge is 0.353 e. The van der Waals surface area contributed by atoms with Gasteiger partial charge in [0, 0.05) is 30.4 Å². The Labute approximate surface area is 184 Å². The van der Waals surface area contributed by atoms with Gasteiger partial charge in [0.2, 0.25) is 11.8 Å². The Bertz CT molecular complexity index is 852. The van der Waals surface area contributed by atoms with Gasteiger partial charge in [0.15, 0.2) is 0 Å². The van der Waals surface area contributed by atoms with E-state index in [1.807, 2.05) is 22.4 Å². The minimum atomic E-state index is 0.114. The summed E-state index contributed by atoms with van der Waals surface area (Å²) in [5, 5.41) is 6.09. The van der Waals surface area contributed by atoms with Crippen molar-refractivity contribution in [3.63, 3.8) is 0 Å². The fourth-order valence-corrected chi connectivity index (χ4v) is 6.09. The molecule has 1 N–H and O–H groups in total. The predicted octanol–water partition coefficient (Wildman–Crippen LogP) is 4.76. The molecule has 1 saturated carbocycles. The molecule has 1 aliphatic carbocycles. The molecular weight excluding hydrogens is 426 g/mol. The van der Waals surface area contributed by atoms with Crippen LogP contribution >= 0.6 is 34.3 Å². The van der Waals surface area contributed by atoms with Gasteiger partial charge in [-0.15, -0.1) is 22.7 Å². The maximum Gasteiger partial charge on any atom is 0.228 e. The summed E-state index contributed by atoms with van der Waals surface area (Å²) in [5.74, 6) is 0.529. The Morgan fingerprint density at radius 3 is 2.59 bits per heavy atom. The zero-order valence-electron chi connectivity index (χ0n) is 16.4. The molecule has 2 aliphatic rings. The number of rotatable bonds is 5. The van der Waals surface area contributed by atoms with Crippen LogP contribution < -0.4 is 5.32 Å². The lowest BCUT2D eigenvalue weighted by Crippen LogP contribution is -2.48. The molecule has 0 aromatic carbocycles. The van der Waals surface area contributed by atoms with Crippen LogP contribution in [0.5, 0.6) is 0 Å². The van der Waals surface area contributed by atoms with Crippen molar-refractivity contribution >= 4 is 46.1 Å². The van der Waals surface area contributed by atoms with Gasteiger partial charge in [-0.1, -0.05) is 30.9 Å². The van der Waals surface area contributed by atoms with Crippen LogP contribution in [0.25, 0.3) is 9.88 Å². The number of piperidine rings is 1. The quantitative estimate of drug-likeness (QED) is 0.713. The lowest BCUT2D eigenvalue weighted by molar-refractivity contribution is -0.132. The molecule has 0 unspecified atom stereocenters. The average molecular weight is 452 g/mol. The summed E-state index contributed by atoms with van der Waals surface area (Å²) in [7, 11) is 0. The number of aromatic nitrogens is 1. The summed E-state index contributed by atoms with van der Waals surface area (Å²) < 4.78 is 0.742. The fourth-order valence-electron chi connectivity index (χ4n) is 4.15. The van der Waals surface area contributed by atoms with Gasteiger partial charge in [0.05, 0.1) is 21.3 Å². The number of thiazole rings is 1. The van der Waals surface area contributed by atoms with Gasteiger partial charge in [0.1, 0.15) is 5.01 Å². The molecule has 0 spiro atoms. The summed E-state index contributed by atoms with van der Waals surface area (Å²) >= 11 is 9.05. The molecule has 0 radical (unpaired) electrons. The molecule has 8 heteroatoms. The van der Waals surface area contributed by atoms with Crippen molar-refractivity contribution < 1.29 is 9.59 Å². The van der Waals surface area contributed by atoms with Crippen molar-refractivity contribution in [2.24, 2.45) is 5.92 Å². The van der Waals surface area contributed by atoms with E-state index >= 15 is 0 Å². The normalized spacial score (nSPS) is 18.7. The first-order valence-corrected chi connectivity index (χ1v) is 12.4. The van der Waals surface area contributed by atoms with Crippen LogP contribution in [0, 0.1) is 5.92 Å². The van der Waals surface area contributed by atoms with Crippen LogP contribution in [0.3, 0.4) is 0 Å². The minimum absolute atomic E-state index is 0.114. The van der Waals surface area contributed by atoms with E-state index in [-0.39, 0.29) is 23.8 Å². The van der Waals surface area contributed by atoms with Crippen molar-refractivity contribution in [3.05, 3.63) is 27.5 Å². The molecule has 1 saturated heterocycles. The zero-order valence-corrected chi connectivity index (χ0v) is 18.8. The fraction of sp³-hybridized carbons (Fsp3) is 0.571. The van der Waals surface area contributed by atoms with E-state index < -0.39 is 0 Å². The summed E-state index contributed by atoms with van der Waals surface area (Å²) in [6.07, 6.45) is 7.64. The molecule has 5 nitrogen and oxygen atoms in total. The standard InChI is InChI=1S/C21H26ClN3O2S2/c22-18-7-6-17(29-18)21-24-16(13-28-21)12-19(26)25-10-8-15(9-11-25)23-20(27)14-4-2-1-3-5-14/h6-7,13-15H,1-5,8-12H2,(H,23,27). The van der Waals surface area contributed by atoms with Crippen LogP contribution in [0.15, 0.2) is 17.5 Å². The third kappa shape index (κ3) is 5.38. The Balaban J connectivity index is 1.24. The van der Waals surface area contributed by atoms with E-state index in [1.54, 1.807) is 11.3 Å². The van der Waals surface area contributed by atoms with E-state index in [0.29, 0.717) is 19.5 Å². The van der Waals surface area contributed by atoms with Crippen LogP contribution in [-0.2, 0) is 16.0 Å². The Hall–Kier alpha value is -1.44. The molecule has 29 heavy (non-hydrogen) atoms. The van der Waals surface area contributed by atoms with Crippen molar-refractivity contribution in [1.82, 2.24) is 15.2 Å². The number of thiophene rings is 1. The molecule has 0 bridgehead atoms. The zero-order chi connectivity index (χ0) is 20.2. The summed E-state index contributed by atoms with van der Waals surface area (Å²) in [6.45, 7) is 1.40. The first-order chi connectivity index (χ1) is 14.1. The lowest BCUT2D eigenvalue weighted by Gasteiger charge is -2.33. The molecule has 1 aliphatic heterocycles. The second kappa shape index (κ2) is 9.58. The van der Waals surface area contributed by atoms with Gasteiger partial charge in [-0.3, -0.25) is 9.59 Å². The Morgan fingerprint density at radius 1 is 1.14 bits per heavy atom. The molecule has 4 rings (SSSR count). The van der Waals surface area contributed by atoms with Crippen LogP contribution in [0.4, 0.5) is 0 Å². The first-order valence-electron chi connectivity index (χ1n) is 10.4. The second-order valence-electron chi connectivity index (χ2n) is 7.92. The lowest BCUT2D eigenvalue weighted by atomic mass is 9.88.